The van der Waals surface area contributed by atoms with Crippen molar-refractivity contribution in [1.82, 2.24) is 14.5 Å². The lowest BCUT2D eigenvalue weighted by atomic mass is 9.94. The van der Waals surface area contributed by atoms with Crippen LogP contribution in [0, 0.1) is 6.92 Å². The molecule has 2 aromatic rings. The maximum atomic E-state index is 12.9. The molecular weight excluding hydrogens is 399 g/mol. The predicted octanol–water partition coefficient (Wildman–Crippen LogP) is 2.69. The number of carbonyl (C=O) groups excluding carboxylic acids is 1. The van der Waals surface area contributed by atoms with Crippen LogP contribution in [0.15, 0.2) is 23.1 Å². The number of aromatic nitrogens is 2. The Balaban J connectivity index is 1.76. The first-order chi connectivity index (χ1) is 12.2. The van der Waals surface area contributed by atoms with Gasteiger partial charge in [-0.05, 0) is 43.5 Å². The molecule has 0 spiro atoms. The zero-order chi connectivity index (χ0) is 19.1. The quantitative estimate of drug-likeness (QED) is 0.797. The minimum Gasteiger partial charge on any atom is -0.364 e. The Morgan fingerprint density at radius 2 is 1.88 bits per heavy atom. The molecule has 7 nitrogen and oxygen atoms in total. The van der Waals surface area contributed by atoms with Gasteiger partial charge >= 0.3 is 0 Å². The van der Waals surface area contributed by atoms with Gasteiger partial charge in [-0.1, -0.05) is 23.2 Å². The molecule has 1 aromatic heterocycles. The van der Waals surface area contributed by atoms with Gasteiger partial charge in [0.15, 0.2) is 0 Å². The number of hydrogen-bond acceptors (Lipinski definition) is 4. The number of nitrogens with two attached hydrogens (primary N) is 1. The first-order valence-corrected chi connectivity index (χ1v) is 10.2. The lowest BCUT2D eigenvalue weighted by molar-refractivity contribution is 0.0995. The summed E-state index contributed by atoms with van der Waals surface area (Å²) in [7, 11) is -3.70. The summed E-state index contributed by atoms with van der Waals surface area (Å²) in [4.78, 5) is 11.2. The van der Waals surface area contributed by atoms with E-state index in [-0.39, 0.29) is 21.5 Å². The van der Waals surface area contributed by atoms with Crippen LogP contribution in [0.2, 0.25) is 10.0 Å². The second-order valence-electron chi connectivity index (χ2n) is 6.28. The number of piperidine rings is 1. The van der Waals surface area contributed by atoms with Gasteiger partial charge in [-0.2, -0.15) is 9.40 Å². The highest BCUT2D eigenvalue weighted by Crippen LogP contribution is 2.34. The molecule has 1 saturated heterocycles. The van der Waals surface area contributed by atoms with Crippen molar-refractivity contribution in [2.24, 2.45) is 5.73 Å². The van der Waals surface area contributed by atoms with Crippen molar-refractivity contribution < 1.29 is 13.2 Å². The zero-order valence-corrected chi connectivity index (χ0v) is 16.3. The van der Waals surface area contributed by atoms with Crippen molar-refractivity contribution in [2.75, 3.05) is 13.1 Å². The Labute approximate surface area is 161 Å². The first kappa shape index (κ1) is 19.2. The maximum absolute atomic E-state index is 12.9. The molecule has 0 radical (unpaired) electrons. The molecule has 1 aromatic carbocycles. The van der Waals surface area contributed by atoms with E-state index < -0.39 is 15.9 Å². The van der Waals surface area contributed by atoms with Crippen LogP contribution in [0.25, 0.3) is 0 Å². The number of aryl methyl sites for hydroxylation is 1. The third-order valence-electron chi connectivity index (χ3n) is 4.57. The summed E-state index contributed by atoms with van der Waals surface area (Å²) in [5, 5.41) is 7.23. The van der Waals surface area contributed by atoms with Crippen molar-refractivity contribution in [2.45, 2.75) is 30.6 Å². The molecular formula is C16H18Cl2N4O3S. The SMILES string of the molecule is Cc1cc(S(=O)(=O)N2CCC(c3cc(C(N)=O)n[nH]3)CC2)c(Cl)cc1Cl. The number of primary amides is 1. The van der Waals surface area contributed by atoms with Crippen LogP contribution in [0.3, 0.4) is 0 Å². The monoisotopic (exact) mass is 416 g/mol. The molecule has 1 fully saturated rings. The minimum atomic E-state index is -3.70. The number of nitrogens with zero attached hydrogens (tertiary/aromatic N) is 2. The predicted molar refractivity (Wildman–Crippen MR) is 99.0 cm³/mol. The molecule has 1 aliphatic rings. The van der Waals surface area contributed by atoms with Crippen LogP contribution in [0.5, 0.6) is 0 Å². The van der Waals surface area contributed by atoms with E-state index in [1.165, 1.54) is 16.4 Å². The van der Waals surface area contributed by atoms with Crippen LogP contribution in [-0.2, 0) is 10.0 Å². The van der Waals surface area contributed by atoms with Gasteiger partial charge in [-0.3, -0.25) is 9.89 Å². The standard InChI is InChI=1S/C16H18Cl2N4O3S/c1-9-6-15(12(18)7-11(9)17)26(24,25)22-4-2-10(3-5-22)13-8-14(16(19)23)21-20-13/h6-8,10H,2-5H2,1H3,(H2,19,23)(H,20,21). The molecule has 0 aliphatic carbocycles. The van der Waals surface area contributed by atoms with Crippen molar-refractivity contribution >= 4 is 39.1 Å². The summed E-state index contributed by atoms with van der Waals surface area (Å²) < 4.78 is 27.3. The second kappa shape index (κ2) is 7.19. The number of benzene rings is 1. The van der Waals surface area contributed by atoms with Crippen molar-refractivity contribution in [3.05, 3.63) is 45.2 Å². The van der Waals surface area contributed by atoms with E-state index in [0.717, 1.165) is 5.69 Å². The fourth-order valence-corrected chi connectivity index (χ4v) is 5.32. The number of rotatable bonds is 4. The average Bonchev–Trinajstić information content (AvgIpc) is 3.08. The molecule has 0 unspecified atom stereocenters. The van der Waals surface area contributed by atoms with Gasteiger partial charge in [-0.25, -0.2) is 8.42 Å². The number of sulfonamides is 1. The Kier molecular flexibility index (Phi) is 5.30. The van der Waals surface area contributed by atoms with Crippen LogP contribution in [0.1, 0.15) is 40.5 Å². The number of nitrogens with one attached hydrogen (secondary N) is 1. The van der Waals surface area contributed by atoms with Crippen molar-refractivity contribution in [3.63, 3.8) is 0 Å². The zero-order valence-electron chi connectivity index (χ0n) is 14.0. The number of carbonyl (C=O) groups is 1. The van der Waals surface area contributed by atoms with Gasteiger partial charge in [0, 0.05) is 29.7 Å². The summed E-state index contributed by atoms with van der Waals surface area (Å²) in [6.07, 6.45) is 1.20. The lowest BCUT2D eigenvalue weighted by Crippen LogP contribution is -2.38. The highest BCUT2D eigenvalue weighted by Gasteiger charge is 2.32. The molecule has 0 saturated carbocycles. The number of halogens is 2. The topological polar surface area (TPSA) is 109 Å². The lowest BCUT2D eigenvalue weighted by Gasteiger charge is -2.31. The summed E-state index contributed by atoms with van der Waals surface area (Å²) in [6, 6.07) is 4.57. The highest BCUT2D eigenvalue weighted by atomic mass is 35.5. The van der Waals surface area contributed by atoms with Crippen molar-refractivity contribution in [3.8, 4) is 0 Å². The Morgan fingerprint density at radius 3 is 2.46 bits per heavy atom. The van der Waals surface area contributed by atoms with E-state index in [1.807, 2.05) is 0 Å². The van der Waals surface area contributed by atoms with Crippen LogP contribution in [0.4, 0.5) is 0 Å². The van der Waals surface area contributed by atoms with Gasteiger partial charge in [0.1, 0.15) is 10.6 Å². The van der Waals surface area contributed by atoms with E-state index in [9.17, 15) is 13.2 Å². The third-order valence-corrected chi connectivity index (χ3v) is 7.35. The van der Waals surface area contributed by atoms with Crippen molar-refractivity contribution in [1.29, 1.82) is 0 Å². The van der Waals surface area contributed by atoms with Gasteiger partial charge < -0.3 is 5.73 Å². The molecule has 0 bridgehead atoms. The molecule has 3 N–H and O–H groups in total. The fraction of sp³-hybridized carbons (Fsp3) is 0.375. The average molecular weight is 417 g/mol. The van der Waals surface area contributed by atoms with Gasteiger partial charge in [-0.15, -0.1) is 0 Å². The van der Waals surface area contributed by atoms with E-state index >= 15 is 0 Å². The van der Waals surface area contributed by atoms with E-state index in [0.29, 0.717) is 36.5 Å². The number of H-pyrrole nitrogens is 1. The maximum Gasteiger partial charge on any atom is 0.269 e. The molecule has 2 heterocycles. The molecule has 1 aliphatic heterocycles. The third kappa shape index (κ3) is 3.59. The molecule has 10 heteroatoms. The molecule has 1 amide bonds. The number of amides is 1. The molecule has 0 atom stereocenters. The Morgan fingerprint density at radius 1 is 1.23 bits per heavy atom. The van der Waals surface area contributed by atoms with E-state index in [2.05, 4.69) is 10.2 Å². The molecule has 140 valence electrons. The largest absolute Gasteiger partial charge is 0.364 e. The second-order valence-corrected chi connectivity index (χ2v) is 9.00. The van der Waals surface area contributed by atoms with Gasteiger partial charge in [0.25, 0.3) is 5.91 Å². The summed E-state index contributed by atoms with van der Waals surface area (Å²) >= 11 is 12.1. The molecule has 3 rings (SSSR count). The smallest absolute Gasteiger partial charge is 0.269 e. The van der Waals surface area contributed by atoms with Gasteiger partial charge in [0.05, 0.1) is 5.02 Å². The summed E-state index contributed by atoms with van der Waals surface area (Å²) in [6.45, 7) is 2.42. The first-order valence-electron chi connectivity index (χ1n) is 8.01. The summed E-state index contributed by atoms with van der Waals surface area (Å²) in [5.74, 6) is -0.510. The Hall–Kier alpha value is -1.61. The van der Waals surface area contributed by atoms with Gasteiger partial charge in [0.2, 0.25) is 10.0 Å². The molecule has 26 heavy (non-hydrogen) atoms. The van der Waals surface area contributed by atoms with Crippen LogP contribution >= 0.6 is 23.2 Å². The number of aromatic amines is 1. The van der Waals surface area contributed by atoms with E-state index in [4.69, 9.17) is 28.9 Å². The van der Waals surface area contributed by atoms with Crippen LogP contribution in [-0.4, -0.2) is 41.9 Å². The minimum absolute atomic E-state index is 0.0667. The Bertz CT molecular complexity index is 950. The fourth-order valence-electron chi connectivity index (χ4n) is 3.05. The van der Waals surface area contributed by atoms with E-state index in [1.54, 1.807) is 13.0 Å². The summed E-state index contributed by atoms with van der Waals surface area (Å²) in [5.41, 5.74) is 6.83. The van der Waals surface area contributed by atoms with Crippen LogP contribution < -0.4 is 5.73 Å². The normalized spacial score (nSPS) is 16.7. The number of hydrogen-bond donors (Lipinski definition) is 2. The highest BCUT2D eigenvalue weighted by molar-refractivity contribution is 7.89.